The van der Waals surface area contributed by atoms with E-state index in [4.69, 9.17) is 23.9 Å². The fourth-order valence-corrected chi connectivity index (χ4v) is 6.23. The van der Waals surface area contributed by atoms with Crippen LogP contribution in [0.15, 0.2) is 80.5 Å². The van der Waals surface area contributed by atoms with Crippen LogP contribution in [0.5, 0.6) is 23.0 Å². The molecule has 11 heteroatoms. The predicted molar refractivity (Wildman–Crippen MR) is 163 cm³/mol. The summed E-state index contributed by atoms with van der Waals surface area (Å²) in [5, 5.41) is 10.8. The van der Waals surface area contributed by atoms with Gasteiger partial charge in [-0.05, 0) is 37.3 Å². The molecule has 2 heterocycles. The van der Waals surface area contributed by atoms with Crippen LogP contribution in [0.4, 0.5) is 0 Å². The van der Waals surface area contributed by atoms with Crippen molar-refractivity contribution in [3.63, 3.8) is 0 Å². The van der Waals surface area contributed by atoms with Crippen molar-refractivity contribution in [2.45, 2.75) is 13.0 Å². The molecule has 1 aliphatic rings. The third kappa shape index (κ3) is 5.33. The van der Waals surface area contributed by atoms with Gasteiger partial charge in [-0.1, -0.05) is 57.6 Å². The van der Waals surface area contributed by atoms with E-state index in [1.54, 1.807) is 50.4 Å². The number of nitrogens with zero attached hydrogens (tertiary/aromatic N) is 2. The van der Waals surface area contributed by atoms with Crippen molar-refractivity contribution in [1.82, 2.24) is 4.57 Å². The summed E-state index contributed by atoms with van der Waals surface area (Å²) in [4.78, 5) is 33.0. The Balaban J connectivity index is 1.87. The van der Waals surface area contributed by atoms with E-state index in [0.29, 0.717) is 47.7 Å². The van der Waals surface area contributed by atoms with Gasteiger partial charge < -0.3 is 24.1 Å². The average Bonchev–Trinajstić information content (AvgIpc) is 3.32. The molecule has 0 aliphatic carbocycles. The van der Waals surface area contributed by atoms with Crippen LogP contribution in [0.25, 0.3) is 11.8 Å². The zero-order valence-electron chi connectivity index (χ0n) is 23.2. The lowest BCUT2D eigenvalue weighted by Gasteiger charge is -2.27. The third-order valence-electron chi connectivity index (χ3n) is 6.68. The molecule has 0 unspecified atom stereocenters. The van der Waals surface area contributed by atoms with E-state index in [2.05, 4.69) is 15.9 Å². The lowest BCUT2D eigenvalue weighted by atomic mass is 9.92. The van der Waals surface area contributed by atoms with Crippen LogP contribution in [-0.2, 0) is 9.53 Å². The molecule has 3 aromatic carbocycles. The van der Waals surface area contributed by atoms with Crippen LogP contribution in [0.3, 0.4) is 0 Å². The zero-order chi connectivity index (χ0) is 30.0. The summed E-state index contributed by atoms with van der Waals surface area (Å²) < 4.78 is 24.3. The molecule has 0 spiro atoms. The van der Waals surface area contributed by atoms with E-state index in [9.17, 15) is 14.7 Å². The topological polar surface area (TPSA) is 109 Å². The summed E-state index contributed by atoms with van der Waals surface area (Å²) in [5.41, 5.74) is 1.77. The van der Waals surface area contributed by atoms with Crippen molar-refractivity contribution in [2.24, 2.45) is 4.99 Å². The molecule has 4 aromatic rings. The molecular formula is C31H27BrN2O7S. The molecule has 0 amide bonds. The first kappa shape index (κ1) is 29.2. The zero-order valence-corrected chi connectivity index (χ0v) is 25.6. The second kappa shape index (κ2) is 12.3. The van der Waals surface area contributed by atoms with Gasteiger partial charge in [-0.25, -0.2) is 9.79 Å². The van der Waals surface area contributed by atoms with Gasteiger partial charge >= 0.3 is 5.97 Å². The number of aromatic hydroxyl groups is 1. The number of esters is 1. The molecule has 0 fully saturated rings. The van der Waals surface area contributed by atoms with E-state index in [-0.39, 0.29) is 23.7 Å². The number of phenolic OH excluding ortho intramolecular Hbond substituents is 1. The maximum atomic E-state index is 14.2. The van der Waals surface area contributed by atoms with Crippen LogP contribution < -0.4 is 29.1 Å². The van der Waals surface area contributed by atoms with Crippen molar-refractivity contribution in [3.05, 3.63) is 107 Å². The van der Waals surface area contributed by atoms with Gasteiger partial charge in [0.2, 0.25) is 0 Å². The van der Waals surface area contributed by atoms with Crippen molar-refractivity contribution in [2.75, 3.05) is 27.9 Å². The lowest BCUT2D eigenvalue weighted by Crippen LogP contribution is -2.40. The normalized spacial score (nSPS) is 14.7. The highest BCUT2D eigenvalue weighted by molar-refractivity contribution is 9.10. The molecular weight excluding hydrogens is 624 g/mol. The number of hydrogen-bond acceptors (Lipinski definition) is 9. The van der Waals surface area contributed by atoms with Crippen molar-refractivity contribution in [1.29, 1.82) is 0 Å². The summed E-state index contributed by atoms with van der Waals surface area (Å²) in [5.74, 6) is 0.496. The second-order valence-electron chi connectivity index (χ2n) is 9.09. The highest BCUT2D eigenvalue weighted by Crippen LogP contribution is 2.40. The fraction of sp³-hybridized carbons (Fsp3) is 0.194. The molecule has 9 nitrogen and oxygen atoms in total. The van der Waals surface area contributed by atoms with Gasteiger partial charge in [0.05, 0.1) is 43.7 Å². The number of aromatic nitrogens is 1. The van der Waals surface area contributed by atoms with Crippen molar-refractivity contribution in [3.8, 4) is 23.0 Å². The Morgan fingerprint density at radius 2 is 1.79 bits per heavy atom. The molecule has 216 valence electrons. The first-order chi connectivity index (χ1) is 20.3. The Bertz CT molecular complexity index is 1880. The number of ether oxygens (including phenoxy) is 4. The Labute approximate surface area is 253 Å². The van der Waals surface area contributed by atoms with E-state index < -0.39 is 17.6 Å². The number of methoxy groups -OCH3 is 3. The number of carbonyl (C=O) groups is 1. The second-order valence-corrected chi connectivity index (χ2v) is 11.0. The van der Waals surface area contributed by atoms with Crippen LogP contribution in [0, 0.1) is 0 Å². The molecule has 42 heavy (non-hydrogen) atoms. The standard InChI is InChI=1S/C31H27BrN2O7S/c1-5-41-30(37)25-26(17-9-7-6-8-10-17)33-31-34(27(25)21-12-11-20(38-2)16-22(21)39-3)29(36)24(42-31)14-18-13-19(32)15-23(40-4)28(18)35/h6-16,27,35H,5H2,1-4H3/b24-14-/t27-/m0/s1. The highest BCUT2D eigenvalue weighted by atomic mass is 79.9. The van der Waals surface area contributed by atoms with E-state index >= 15 is 0 Å². The summed E-state index contributed by atoms with van der Waals surface area (Å²) in [7, 11) is 4.50. The molecule has 5 rings (SSSR count). The van der Waals surface area contributed by atoms with Gasteiger partial charge in [-0.2, -0.15) is 0 Å². The molecule has 1 aromatic heterocycles. The number of thiazole rings is 1. The number of fused-ring (bicyclic) bond motifs is 1. The number of carbonyl (C=O) groups excluding carboxylic acids is 1. The Morgan fingerprint density at radius 1 is 1.05 bits per heavy atom. The van der Waals surface area contributed by atoms with Gasteiger partial charge in [-0.15, -0.1) is 0 Å². The maximum absolute atomic E-state index is 14.2. The first-order valence-corrected chi connectivity index (χ1v) is 14.5. The monoisotopic (exact) mass is 650 g/mol. The van der Waals surface area contributed by atoms with E-state index in [0.717, 1.165) is 11.3 Å². The van der Waals surface area contributed by atoms with Gasteiger partial charge in [0.1, 0.15) is 17.5 Å². The number of halogens is 1. The minimum atomic E-state index is -0.941. The van der Waals surface area contributed by atoms with Crippen molar-refractivity contribution < 1.29 is 28.8 Å². The molecule has 1 N–H and O–H groups in total. The molecule has 1 aliphatic heterocycles. The van der Waals surface area contributed by atoms with Crippen LogP contribution in [0.1, 0.15) is 29.7 Å². The Hall–Kier alpha value is -4.35. The SMILES string of the molecule is CCOC(=O)C1=C(c2ccccc2)N=c2s/c(=C\c3cc(Br)cc(OC)c3O)c(=O)n2[C@H]1c1ccc(OC)cc1OC. The first-order valence-electron chi connectivity index (χ1n) is 12.9. The minimum Gasteiger partial charge on any atom is -0.504 e. The van der Waals surface area contributed by atoms with Gasteiger partial charge in [0.25, 0.3) is 5.56 Å². The summed E-state index contributed by atoms with van der Waals surface area (Å²) >= 11 is 4.56. The average molecular weight is 652 g/mol. The van der Waals surface area contributed by atoms with Crippen molar-refractivity contribution >= 4 is 45.0 Å². The Kier molecular flexibility index (Phi) is 8.51. The minimum absolute atomic E-state index is 0.114. The largest absolute Gasteiger partial charge is 0.504 e. The highest BCUT2D eigenvalue weighted by Gasteiger charge is 2.37. The van der Waals surface area contributed by atoms with E-state index in [1.165, 1.54) is 18.8 Å². The van der Waals surface area contributed by atoms with Gasteiger partial charge in [0, 0.05) is 27.2 Å². The molecule has 0 saturated heterocycles. The molecule has 0 radical (unpaired) electrons. The molecule has 1 atom stereocenters. The Morgan fingerprint density at radius 3 is 2.45 bits per heavy atom. The number of phenols is 1. The smallest absolute Gasteiger partial charge is 0.338 e. The fourth-order valence-electron chi connectivity index (χ4n) is 4.78. The molecule has 0 bridgehead atoms. The lowest BCUT2D eigenvalue weighted by molar-refractivity contribution is -0.138. The van der Waals surface area contributed by atoms with Crippen LogP contribution in [0.2, 0.25) is 0 Å². The van der Waals surface area contributed by atoms with Crippen LogP contribution in [-0.4, -0.2) is 43.6 Å². The predicted octanol–water partition coefficient (Wildman–Crippen LogP) is 4.43. The maximum Gasteiger partial charge on any atom is 0.338 e. The van der Waals surface area contributed by atoms with Crippen LogP contribution >= 0.6 is 27.3 Å². The number of hydrogen-bond donors (Lipinski definition) is 1. The summed E-state index contributed by atoms with van der Waals surface area (Å²) in [6.45, 7) is 1.85. The number of benzene rings is 3. The third-order valence-corrected chi connectivity index (χ3v) is 8.13. The van der Waals surface area contributed by atoms with Gasteiger partial charge in [-0.3, -0.25) is 9.36 Å². The molecule has 0 saturated carbocycles. The summed E-state index contributed by atoms with van der Waals surface area (Å²) in [6.07, 6.45) is 1.57. The quantitative estimate of drug-likeness (QED) is 0.281. The number of rotatable bonds is 8. The van der Waals surface area contributed by atoms with E-state index in [1.807, 2.05) is 30.3 Å². The summed E-state index contributed by atoms with van der Waals surface area (Å²) in [6, 6.07) is 16.8. The van der Waals surface area contributed by atoms with Gasteiger partial charge in [0.15, 0.2) is 16.3 Å².